The van der Waals surface area contributed by atoms with Gasteiger partial charge in [0, 0.05) is 54.9 Å². The fourth-order valence-corrected chi connectivity index (χ4v) is 5.86. The van der Waals surface area contributed by atoms with E-state index in [0.717, 1.165) is 77.4 Å². The van der Waals surface area contributed by atoms with Crippen LogP contribution >= 0.6 is 11.3 Å². The second kappa shape index (κ2) is 8.49. The fourth-order valence-electron chi connectivity index (χ4n) is 4.63. The average Bonchev–Trinajstić information content (AvgIpc) is 3.58. The summed E-state index contributed by atoms with van der Waals surface area (Å²) in [6, 6.07) is 8.16. The number of anilines is 2. The van der Waals surface area contributed by atoms with E-state index in [-0.39, 0.29) is 0 Å². The minimum absolute atomic E-state index is 0.747. The summed E-state index contributed by atoms with van der Waals surface area (Å²) in [4.78, 5) is 14.2. The Morgan fingerprint density at radius 3 is 2.97 bits per heavy atom. The molecule has 33 heavy (non-hydrogen) atoms. The van der Waals surface area contributed by atoms with Gasteiger partial charge in [0.2, 0.25) is 0 Å². The summed E-state index contributed by atoms with van der Waals surface area (Å²) in [5, 5.41) is 12.8. The van der Waals surface area contributed by atoms with Crippen LogP contribution in [0.4, 0.5) is 11.5 Å². The van der Waals surface area contributed by atoms with Crippen molar-refractivity contribution in [2.75, 3.05) is 25.5 Å². The molecule has 0 unspecified atom stereocenters. The van der Waals surface area contributed by atoms with Gasteiger partial charge >= 0.3 is 0 Å². The normalized spacial score (nSPS) is 14.1. The molecule has 1 aliphatic rings. The van der Waals surface area contributed by atoms with Gasteiger partial charge in [-0.2, -0.15) is 5.10 Å². The number of rotatable bonds is 7. The molecule has 0 amide bonds. The number of hydrogen-bond acceptors (Lipinski definition) is 7. The highest BCUT2D eigenvalue weighted by atomic mass is 32.1. The van der Waals surface area contributed by atoms with E-state index < -0.39 is 0 Å². The van der Waals surface area contributed by atoms with Crippen LogP contribution in [0.2, 0.25) is 0 Å². The summed E-state index contributed by atoms with van der Waals surface area (Å²) in [5.41, 5.74) is 3.19. The summed E-state index contributed by atoms with van der Waals surface area (Å²) in [6.45, 7) is 4.20. The lowest BCUT2D eigenvalue weighted by atomic mass is 10.0. The summed E-state index contributed by atoms with van der Waals surface area (Å²) in [6.07, 6.45) is 9.88. The van der Waals surface area contributed by atoms with Crippen LogP contribution in [0.3, 0.4) is 0 Å². The van der Waals surface area contributed by atoms with E-state index in [1.165, 1.54) is 10.4 Å². The van der Waals surface area contributed by atoms with Crippen molar-refractivity contribution in [2.24, 2.45) is 0 Å². The maximum Gasteiger partial charge on any atom is 0.144 e. The molecule has 5 aromatic rings. The molecule has 0 saturated carbocycles. The summed E-state index contributed by atoms with van der Waals surface area (Å²) in [5.74, 6) is 1.58. The molecule has 0 fully saturated rings. The van der Waals surface area contributed by atoms with Crippen molar-refractivity contribution >= 4 is 44.0 Å². The lowest BCUT2D eigenvalue weighted by Crippen LogP contribution is -2.31. The van der Waals surface area contributed by atoms with Crippen LogP contribution in [-0.4, -0.2) is 49.8 Å². The van der Waals surface area contributed by atoms with Gasteiger partial charge in [-0.3, -0.25) is 10.00 Å². The maximum atomic E-state index is 5.62. The van der Waals surface area contributed by atoms with Crippen molar-refractivity contribution in [2.45, 2.75) is 25.9 Å². The van der Waals surface area contributed by atoms with Crippen LogP contribution in [-0.2, 0) is 19.5 Å². The number of methoxy groups -OCH3 is 1. The number of thiophene rings is 1. The lowest BCUT2D eigenvalue weighted by Gasteiger charge is -2.27. The largest absolute Gasteiger partial charge is 0.494 e. The van der Waals surface area contributed by atoms with Gasteiger partial charge < -0.3 is 14.6 Å². The highest BCUT2D eigenvalue weighted by Crippen LogP contribution is 2.39. The van der Waals surface area contributed by atoms with Crippen LogP contribution in [0.25, 0.3) is 21.1 Å². The number of H-pyrrole nitrogens is 1. The van der Waals surface area contributed by atoms with Gasteiger partial charge in [-0.15, -0.1) is 11.3 Å². The molecule has 9 heteroatoms. The SMILES string of the molecule is COc1cc2[nH]ncc2cc1Nc1ncnc2sc3c(c12)CCN(CCCn1cccc1)C3. The third-order valence-corrected chi connectivity index (χ3v) is 7.41. The van der Waals surface area contributed by atoms with Crippen molar-refractivity contribution < 1.29 is 4.74 Å². The lowest BCUT2D eigenvalue weighted by molar-refractivity contribution is 0.250. The minimum atomic E-state index is 0.747. The average molecular weight is 460 g/mol. The van der Waals surface area contributed by atoms with E-state index in [9.17, 15) is 0 Å². The molecule has 6 rings (SSSR count). The third kappa shape index (κ3) is 3.83. The number of benzene rings is 1. The molecule has 1 aliphatic heterocycles. The van der Waals surface area contributed by atoms with Gasteiger partial charge in [0.05, 0.1) is 29.9 Å². The first kappa shape index (κ1) is 20.2. The van der Waals surface area contributed by atoms with Crippen molar-refractivity contribution in [3.05, 3.63) is 59.6 Å². The molecule has 0 saturated heterocycles. The Kier molecular flexibility index (Phi) is 5.20. The first-order valence-electron chi connectivity index (χ1n) is 11.1. The Morgan fingerprint density at radius 1 is 1.18 bits per heavy atom. The predicted octanol–water partition coefficient (Wildman–Crippen LogP) is 4.57. The van der Waals surface area contributed by atoms with E-state index in [0.29, 0.717) is 0 Å². The molecule has 5 heterocycles. The number of nitrogens with zero attached hydrogens (tertiary/aromatic N) is 5. The zero-order valence-electron chi connectivity index (χ0n) is 18.4. The van der Waals surface area contributed by atoms with Crippen LogP contribution < -0.4 is 10.1 Å². The van der Waals surface area contributed by atoms with Crippen molar-refractivity contribution in [3.63, 3.8) is 0 Å². The molecule has 8 nitrogen and oxygen atoms in total. The Bertz CT molecular complexity index is 1410. The zero-order chi connectivity index (χ0) is 22.2. The van der Waals surface area contributed by atoms with Gasteiger partial charge in [-0.05, 0) is 36.6 Å². The molecule has 0 radical (unpaired) electrons. The zero-order valence-corrected chi connectivity index (χ0v) is 19.2. The fraction of sp³-hybridized carbons (Fsp3) is 0.292. The second-order valence-electron chi connectivity index (χ2n) is 8.34. The second-order valence-corrected chi connectivity index (χ2v) is 9.43. The van der Waals surface area contributed by atoms with E-state index in [2.05, 4.69) is 59.5 Å². The van der Waals surface area contributed by atoms with E-state index in [1.54, 1.807) is 24.8 Å². The summed E-state index contributed by atoms with van der Waals surface area (Å²) in [7, 11) is 1.68. The standard InChI is InChI=1S/C24H25N7OS/c1-32-20-12-18-16(13-27-29-18)11-19(20)28-23-22-17-5-10-31(9-4-8-30-6-2-3-7-30)14-21(17)33-24(22)26-15-25-23/h2-3,6-7,11-13,15H,4-5,8-10,14H2,1H3,(H,27,29)(H,25,26,28). The number of ether oxygens (including phenoxy) is 1. The van der Waals surface area contributed by atoms with Crippen LogP contribution in [0.1, 0.15) is 16.9 Å². The number of nitrogens with one attached hydrogen (secondary N) is 2. The minimum Gasteiger partial charge on any atom is -0.494 e. The number of hydrogen-bond donors (Lipinski definition) is 2. The molecule has 0 spiro atoms. The first-order valence-corrected chi connectivity index (χ1v) is 12.0. The summed E-state index contributed by atoms with van der Waals surface area (Å²) >= 11 is 1.79. The highest BCUT2D eigenvalue weighted by Gasteiger charge is 2.24. The van der Waals surface area contributed by atoms with Gasteiger partial charge in [0.15, 0.2) is 0 Å². The van der Waals surface area contributed by atoms with Crippen LogP contribution in [0.5, 0.6) is 5.75 Å². The number of fused-ring (bicyclic) bond motifs is 4. The molecule has 2 N–H and O–H groups in total. The summed E-state index contributed by atoms with van der Waals surface area (Å²) < 4.78 is 7.87. The molecule has 1 aromatic carbocycles. The third-order valence-electron chi connectivity index (χ3n) is 6.29. The maximum absolute atomic E-state index is 5.62. The van der Waals surface area contributed by atoms with Crippen molar-refractivity contribution in [1.29, 1.82) is 0 Å². The Hall–Kier alpha value is -3.43. The van der Waals surface area contributed by atoms with E-state index in [1.807, 2.05) is 18.3 Å². The number of aryl methyl sites for hydroxylation is 1. The number of aromatic nitrogens is 5. The molecule has 168 valence electrons. The molecular formula is C24H25N7OS. The first-order chi connectivity index (χ1) is 16.3. The van der Waals surface area contributed by atoms with E-state index >= 15 is 0 Å². The van der Waals surface area contributed by atoms with Gasteiger partial charge in [-0.25, -0.2) is 9.97 Å². The predicted molar refractivity (Wildman–Crippen MR) is 131 cm³/mol. The topological polar surface area (TPSA) is 83.9 Å². The van der Waals surface area contributed by atoms with Gasteiger partial charge in [0.1, 0.15) is 22.7 Å². The van der Waals surface area contributed by atoms with Crippen LogP contribution in [0.15, 0.2) is 49.2 Å². The van der Waals surface area contributed by atoms with Crippen LogP contribution in [0, 0.1) is 0 Å². The van der Waals surface area contributed by atoms with E-state index in [4.69, 9.17) is 4.74 Å². The number of aromatic amines is 1. The van der Waals surface area contributed by atoms with Crippen molar-refractivity contribution in [3.8, 4) is 5.75 Å². The Labute approximate surface area is 195 Å². The Morgan fingerprint density at radius 2 is 2.09 bits per heavy atom. The molecule has 4 aromatic heterocycles. The Balaban J connectivity index is 1.25. The van der Waals surface area contributed by atoms with Gasteiger partial charge in [0.25, 0.3) is 0 Å². The molecule has 0 bridgehead atoms. The smallest absolute Gasteiger partial charge is 0.144 e. The quantitative estimate of drug-likeness (QED) is 0.371. The molecule has 0 atom stereocenters. The highest BCUT2D eigenvalue weighted by molar-refractivity contribution is 7.19. The van der Waals surface area contributed by atoms with Gasteiger partial charge in [-0.1, -0.05) is 0 Å². The molecular weight excluding hydrogens is 434 g/mol. The monoisotopic (exact) mass is 459 g/mol. The van der Waals surface area contributed by atoms with Crippen molar-refractivity contribution in [1.82, 2.24) is 29.6 Å². The molecule has 0 aliphatic carbocycles.